The van der Waals surface area contributed by atoms with Gasteiger partial charge in [-0.2, -0.15) is 0 Å². The normalized spacial score (nSPS) is 10.3. The number of benzene rings is 1. The molecule has 0 saturated heterocycles. The maximum absolute atomic E-state index is 11.6. The molecule has 0 bridgehead atoms. The van der Waals surface area contributed by atoms with Crippen molar-refractivity contribution >= 4 is 5.91 Å². The average Bonchev–Trinajstić information content (AvgIpc) is 2.43. The van der Waals surface area contributed by atoms with Crippen LogP contribution in [0, 0.1) is 6.92 Å². The van der Waals surface area contributed by atoms with Gasteiger partial charge in [0.1, 0.15) is 5.75 Å². The second kappa shape index (κ2) is 10.3. The molecule has 0 spiro atoms. The average molecular weight is 279 g/mol. The fourth-order valence-corrected chi connectivity index (χ4v) is 1.87. The van der Waals surface area contributed by atoms with Crippen molar-refractivity contribution in [3.63, 3.8) is 0 Å². The van der Waals surface area contributed by atoms with Gasteiger partial charge in [0.05, 0.1) is 13.0 Å². The minimum Gasteiger partial charge on any atom is -0.493 e. The van der Waals surface area contributed by atoms with Gasteiger partial charge in [-0.05, 0) is 37.5 Å². The van der Waals surface area contributed by atoms with Gasteiger partial charge in [0.15, 0.2) is 0 Å². The molecule has 0 aliphatic carbocycles. The lowest BCUT2D eigenvalue weighted by molar-refractivity contribution is -0.121. The van der Waals surface area contributed by atoms with Crippen LogP contribution in [-0.2, 0) is 4.79 Å². The zero-order valence-corrected chi connectivity index (χ0v) is 12.2. The number of hydrogen-bond acceptors (Lipinski definition) is 3. The Kier molecular flexibility index (Phi) is 8.47. The van der Waals surface area contributed by atoms with Gasteiger partial charge in [-0.15, -0.1) is 0 Å². The monoisotopic (exact) mass is 279 g/mol. The molecule has 0 aromatic heterocycles. The number of rotatable bonds is 10. The van der Waals surface area contributed by atoms with Crippen molar-refractivity contribution < 1.29 is 14.6 Å². The van der Waals surface area contributed by atoms with Gasteiger partial charge in [-0.1, -0.05) is 25.0 Å². The van der Waals surface area contributed by atoms with E-state index in [-0.39, 0.29) is 12.5 Å². The first-order valence-corrected chi connectivity index (χ1v) is 7.29. The smallest absolute Gasteiger partial charge is 0.223 e. The van der Waals surface area contributed by atoms with Crippen LogP contribution >= 0.6 is 0 Å². The molecule has 4 nitrogen and oxygen atoms in total. The lowest BCUT2D eigenvalue weighted by atomic mass is 10.2. The van der Waals surface area contributed by atoms with Gasteiger partial charge in [-0.25, -0.2) is 0 Å². The SMILES string of the molecule is Cc1cccc(OCCC(=O)NCCCCCCO)c1. The maximum atomic E-state index is 11.6. The zero-order valence-electron chi connectivity index (χ0n) is 12.2. The molecule has 112 valence electrons. The maximum Gasteiger partial charge on any atom is 0.223 e. The summed E-state index contributed by atoms with van der Waals surface area (Å²) < 4.78 is 5.53. The molecule has 0 aliphatic heterocycles. The number of aliphatic hydroxyl groups excluding tert-OH is 1. The van der Waals surface area contributed by atoms with Gasteiger partial charge in [0.25, 0.3) is 0 Å². The number of aryl methyl sites for hydroxylation is 1. The second-order valence-electron chi connectivity index (χ2n) is 4.90. The predicted molar refractivity (Wildman–Crippen MR) is 79.9 cm³/mol. The number of carbonyl (C=O) groups excluding carboxylic acids is 1. The summed E-state index contributed by atoms with van der Waals surface area (Å²) in [6.45, 7) is 3.37. The number of amides is 1. The van der Waals surface area contributed by atoms with Crippen molar-refractivity contribution in [3.8, 4) is 5.75 Å². The summed E-state index contributed by atoms with van der Waals surface area (Å²) in [5.41, 5.74) is 1.15. The molecule has 2 N–H and O–H groups in total. The number of ether oxygens (including phenoxy) is 1. The van der Waals surface area contributed by atoms with Crippen LogP contribution in [0.25, 0.3) is 0 Å². The molecule has 20 heavy (non-hydrogen) atoms. The number of hydrogen-bond donors (Lipinski definition) is 2. The molecule has 1 amide bonds. The summed E-state index contributed by atoms with van der Waals surface area (Å²) in [5, 5.41) is 11.5. The van der Waals surface area contributed by atoms with Crippen LogP contribution in [0.4, 0.5) is 0 Å². The van der Waals surface area contributed by atoms with E-state index in [1.54, 1.807) is 0 Å². The molecule has 0 saturated carbocycles. The van der Waals surface area contributed by atoms with E-state index in [2.05, 4.69) is 5.32 Å². The van der Waals surface area contributed by atoms with Gasteiger partial charge in [0.2, 0.25) is 5.91 Å². The Morgan fingerprint density at radius 2 is 2.05 bits per heavy atom. The van der Waals surface area contributed by atoms with Gasteiger partial charge >= 0.3 is 0 Å². The van der Waals surface area contributed by atoms with E-state index in [1.165, 1.54) is 0 Å². The molecule has 1 aromatic rings. The van der Waals surface area contributed by atoms with E-state index >= 15 is 0 Å². The van der Waals surface area contributed by atoms with Gasteiger partial charge in [0, 0.05) is 13.2 Å². The Bertz CT molecular complexity index is 393. The number of nitrogens with one attached hydrogen (secondary N) is 1. The van der Waals surface area contributed by atoms with E-state index < -0.39 is 0 Å². The summed E-state index contributed by atoms with van der Waals surface area (Å²) in [5.74, 6) is 0.835. The molecule has 0 radical (unpaired) electrons. The van der Waals surface area contributed by atoms with Crippen LogP contribution in [0.3, 0.4) is 0 Å². The predicted octanol–water partition coefficient (Wildman–Crippen LogP) is 2.43. The number of unbranched alkanes of at least 4 members (excludes halogenated alkanes) is 3. The molecular formula is C16H25NO3. The van der Waals surface area contributed by atoms with Crippen molar-refractivity contribution in [1.29, 1.82) is 0 Å². The minimum atomic E-state index is 0.0276. The largest absolute Gasteiger partial charge is 0.493 e. The van der Waals surface area contributed by atoms with E-state index in [4.69, 9.17) is 9.84 Å². The topological polar surface area (TPSA) is 58.6 Å². The molecule has 0 atom stereocenters. The lowest BCUT2D eigenvalue weighted by Gasteiger charge is -2.07. The highest BCUT2D eigenvalue weighted by molar-refractivity contribution is 5.75. The lowest BCUT2D eigenvalue weighted by Crippen LogP contribution is -2.25. The van der Waals surface area contributed by atoms with E-state index in [0.29, 0.717) is 19.6 Å². The summed E-state index contributed by atoms with van der Waals surface area (Å²) in [7, 11) is 0. The third-order valence-corrected chi connectivity index (χ3v) is 2.99. The van der Waals surface area contributed by atoms with Crippen LogP contribution in [0.2, 0.25) is 0 Å². The molecule has 0 fully saturated rings. The van der Waals surface area contributed by atoms with E-state index in [9.17, 15) is 4.79 Å². The highest BCUT2D eigenvalue weighted by Gasteiger charge is 2.01. The first-order valence-electron chi connectivity index (χ1n) is 7.29. The molecule has 1 aromatic carbocycles. The third kappa shape index (κ3) is 7.79. The molecule has 0 unspecified atom stereocenters. The van der Waals surface area contributed by atoms with Crippen molar-refractivity contribution in [3.05, 3.63) is 29.8 Å². The summed E-state index contributed by atoms with van der Waals surface area (Å²) in [6, 6.07) is 7.80. The Labute approximate surface area is 121 Å². The van der Waals surface area contributed by atoms with Crippen LogP contribution in [-0.4, -0.2) is 30.8 Å². The Balaban J connectivity index is 2.03. The van der Waals surface area contributed by atoms with Crippen LogP contribution in [0.15, 0.2) is 24.3 Å². The number of aliphatic hydroxyl groups is 1. The summed E-state index contributed by atoms with van der Waals surface area (Å²) in [4.78, 5) is 11.6. The van der Waals surface area contributed by atoms with Crippen molar-refractivity contribution in [2.45, 2.75) is 39.0 Å². The Morgan fingerprint density at radius 3 is 2.80 bits per heavy atom. The Morgan fingerprint density at radius 1 is 1.25 bits per heavy atom. The van der Waals surface area contributed by atoms with Crippen LogP contribution in [0.5, 0.6) is 5.75 Å². The molecule has 0 heterocycles. The van der Waals surface area contributed by atoms with Crippen molar-refractivity contribution in [2.24, 2.45) is 0 Å². The first-order chi connectivity index (χ1) is 9.72. The summed E-state index contributed by atoms with van der Waals surface area (Å²) in [6.07, 6.45) is 4.25. The highest BCUT2D eigenvalue weighted by atomic mass is 16.5. The van der Waals surface area contributed by atoms with Crippen molar-refractivity contribution in [1.82, 2.24) is 5.32 Å². The standard InChI is InChI=1S/C16H25NO3/c1-14-7-6-8-15(13-14)20-12-9-16(19)17-10-4-2-3-5-11-18/h6-8,13,18H,2-5,9-12H2,1H3,(H,17,19). The summed E-state index contributed by atoms with van der Waals surface area (Å²) >= 11 is 0. The van der Waals surface area contributed by atoms with Crippen LogP contribution in [0.1, 0.15) is 37.7 Å². The van der Waals surface area contributed by atoms with Gasteiger partial charge in [-0.3, -0.25) is 4.79 Å². The van der Waals surface area contributed by atoms with Gasteiger partial charge < -0.3 is 15.2 Å². The minimum absolute atomic E-state index is 0.0276. The second-order valence-corrected chi connectivity index (χ2v) is 4.90. The quantitative estimate of drug-likeness (QED) is 0.647. The van der Waals surface area contributed by atoms with E-state index in [1.807, 2.05) is 31.2 Å². The third-order valence-electron chi connectivity index (χ3n) is 2.99. The fraction of sp³-hybridized carbons (Fsp3) is 0.562. The first kappa shape index (κ1) is 16.5. The number of carbonyl (C=O) groups is 1. The molecular weight excluding hydrogens is 254 g/mol. The van der Waals surface area contributed by atoms with Crippen LogP contribution < -0.4 is 10.1 Å². The highest BCUT2D eigenvalue weighted by Crippen LogP contribution is 2.12. The van der Waals surface area contributed by atoms with Crippen molar-refractivity contribution in [2.75, 3.05) is 19.8 Å². The molecule has 0 aliphatic rings. The Hall–Kier alpha value is -1.55. The molecule has 1 rings (SSSR count). The van der Waals surface area contributed by atoms with E-state index in [0.717, 1.165) is 37.0 Å². The molecule has 4 heteroatoms. The zero-order chi connectivity index (χ0) is 14.6. The fourth-order valence-electron chi connectivity index (χ4n) is 1.87.